The Morgan fingerprint density at radius 3 is 2.48 bits per heavy atom. The summed E-state index contributed by atoms with van der Waals surface area (Å²) in [5.41, 5.74) is 0.779. The summed E-state index contributed by atoms with van der Waals surface area (Å²) in [7, 11) is 0. The Hall–Kier alpha value is -1.55. The zero-order valence-electron chi connectivity index (χ0n) is 14.6. The third kappa shape index (κ3) is 5.24. The molecule has 4 nitrogen and oxygen atoms in total. The molecule has 0 atom stereocenters. The van der Waals surface area contributed by atoms with Gasteiger partial charge in [-0.05, 0) is 62.1 Å². The number of ether oxygens (including phenoxy) is 1. The molecular formula is C19H28O4. The first-order valence-corrected chi connectivity index (χ1v) is 8.50. The van der Waals surface area contributed by atoms with Gasteiger partial charge in [0.1, 0.15) is 11.9 Å². The van der Waals surface area contributed by atoms with E-state index in [2.05, 4.69) is 20.8 Å². The molecule has 1 aromatic carbocycles. The second-order valence-electron chi connectivity index (χ2n) is 7.27. The zero-order chi connectivity index (χ0) is 16.9. The van der Waals surface area contributed by atoms with Gasteiger partial charge in [-0.2, -0.15) is 4.89 Å². The summed E-state index contributed by atoms with van der Waals surface area (Å²) in [6.07, 6.45) is 4.12. The van der Waals surface area contributed by atoms with Crippen molar-refractivity contribution in [1.82, 2.24) is 0 Å². The fourth-order valence-corrected chi connectivity index (χ4v) is 3.06. The van der Waals surface area contributed by atoms with Crippen molar-refractivity contribution in [3.05, 3.63) is 29.8 Å². The van der Waals surface area contributed by atoms with Crippen LogP contribution in [0.4, 0.5) is 0 Å². The lowest BCUT2D eigenvalue weighted by atomic mass is 9.72. The number of benzene rings is 1. The molecule has 0 N–H and O–H groups in total. The molecule has 0 aromatic heterocycles. The first kappa shape index (κ1) is 17.8. The van der Waals surface area contributed by atoms with Crippen molar-refractivity contribution in [2.24, 2.45) is 11.3 Å². The number of carbonyl (C=O) groups excluding carboxylic acids is 1. The van der Waals surface area contributed by atoms with E-state index in [-0.39, 0.29) is 6.10 Å². The molecule has 0 heterocycles. The summed E-state index contributed by atoms with van der Waals surface area (Å²) < 4.78 is 5.39. The summed E-state index contributed by atoms with van der Waals surface area (Å²) >= 11 is 0. The van der Waals surface area contributed by atoms with Crippen LogP contribution in [0.5, 0.6) is 5.75 Å². The Morgan fingerprint density at radius 1 is 1.17 bits per heavy atom. The monoisotopic (exact) mass is 320 g/mol. The molecule has 0 amide bonds. The summed E-state index contributed by atoms with van der Waals surface area (Å²) in [6, 6.07) is 6.96. The molecule has 1 aliphatic rings. The molecule has 1 aromatic rings. The molecule has 2 rings (SSSR count). The van der Waals surface area contributed by atoms with Crippen molar-refractivity contribution in [1.29, 1.82) is 0 Å². The van der Waals surface area contributed by atoms with E-state index in [1.807, 2.05) is 13.0 Å². The van der Waals surface area contributed by atoms with Gasteiger partial charge in [-0.1, -0.05) is 26.8 Å². The second kappa shape index (κ2) is 7.82. The standard InChI is InChI=1S/C19H28O4/c1-5-21-17-8-6-7-14(13-17)18(20)23-22-16-11-9-15(10-12-16)19(2,3)4/h6-8,13,15-16H,5,9-12H2,1-4H3. The maximum atomic E-state index is 12.1. The van der Waals surface area contributed by atoms with Gasteiger partial charge in [0.2, 0.25) is 0 Å². The van der Waals surface area contributed by atoms with Crippen molar-refractivity contribution in [3.8, 4) is 5.75 Å². The van der Waals surface area contributed by atoms with E-state index in [1.165, 1.54) is 0 Å². The van der Waals surface area contributed by atoms with Gasteiger partial charge in [0.15, 0.2) is 0 Å². The number of hydrogen-bond acceptors (Lipinski definition) is 4. The van der Waals surface area contributed by atoms with Gasteiger partial charge in [0, 0.05) is 0 Å². The van der Waals surface area contributed by atoms with Crippen molar-refractivity contribution in [2.75, 3.05) is 6.61 Å². The minimum atomic E-state index is -0.468. The lowest BCUT2D eigenvalue weighted by Gasteiger charge is -2.36. The van der Waals surface area contributed by atoms with Crippen LogP contribution >= 0.6 is 0 Å². The van der Waals surface area contributed by atoms with Crippen molar-refractivity contribution >= 4 is 5.97 Å². The van der Waals surface area contributed by atoms with Crippen LogP contribution in [0.3, 0.4) is 0 Å². The molecule has 0 bridgehead atoms. The Labute approximate surface area is 139 Å². The average Bonchev–Trinajstić information content (AvgIpc) is 2.53. The van der Waals surface area contributed by atoms with Gasteiger partial charge in [-0.3, -0.25) is 4.89 Å². The molecule has 1 saturated carbocycles. The fraction of sp³-hybridized carbons (Fsp3) is 0.632. The van der Waals surface area contributed by atoms with Gasteiger partial charge in [0.25, 0.3) is 0 Å². The van der Waals surface area contributed by atoms with Crippen LogP contribution in [0, 0.1) is 11.3 Å². The molecule has 1 fully saturated rings. The first-order valence-electron chi connectivity index (χ1n) is 8.50. The van der Waals surface area contributed by atoms with E-state index in [9.17, 15) is 4.79 Å². The van der Waals surface area contributed by atoms with Gasteiger partial charge >= 0.3 is 5.97 Å². The lowest BCUT2D eigenvalue weighted by molar-refractivity contribution is -0.281. The zero-order valence-corrected chi connectivity index (χ0v) is 14.6. The Bertz CT molecular complexity index is 510. The third-order valence-electron chi connectivity index (χ3n) is 4.54. The maximum absolute atomic E-state index is 12.1. The maximum Gasteiger partial charge on any atom is 0.373 e. The van der Waals surface area contributed by atoms with Gasteiger partial charge < -0.3 is 4.74 Å². The van der Waals surface area contributed by atoms with E-state index in [0.717, 1.165) is 25.7 Å². The summed E-state index contributed by atoms with van der Waals surface area (Å²) in [4.78, 5) is 22.5. The minimum absolute atomic E-state index is 0.00706. The van der Waals surface area contributed by atoms with Gasteiger partial charge in [-0.15, -0.1) is 0 Å². The molecule has 0 radical (unpaired) electrons. The molecule has 23 heavy (non-hydrogen) atoms. The largest absolute Gasteiger partial charge is 0.494 e. The Morgan fingerprint density at radius 2 is 1.87 bits per heavy atom. The van der Waals surface area contributed by atoms with E-state index in [0.29, 0.717) is 29.3 Å². The number of hydrogen-bond donors (Lipinski definition) is 0. The molecule has 128 valence electrons. The average molecular weight is 320 g/mol. The quantitative estimate of drug-likeness (QED) is 0.578. The number of carbonyl (C=O) groups is 1. The van der Waals surface area contributed by atoms with E-state index in [1.54, 1.807) is 18.2 Å². The number of rotatable bonds is 5. The molecule has 0 spiro atoms. The van der Waals surface area contributed by atoms with Crippen LogP contribution in [0.15, 0.2) is 24.3 Å². The highest BCUT2D eigenvalue weighted by Crippen LogP contribution is 2.38. The Balaban J connectivity index is 1.80. The summed E-state index contributed by atoms with van der Waals surface area (Å²) in [5.74, 6) is 0.901. The van der Waals surface area contributed by atoms with Gasteiger partial charge in [0.05, 0.1) is 12.2 Å². The van der Waals surface area contributed by atoms with Crippen LogP contribution in [-0.2, 0) is 9.78 Å². The van der Waals surface area contributed by atoms with Crippen LogP contribution in [0.1, 0.15) is 63.7 Å². The third-order valence-corrected chi connectivity index (χ3v) is 4.54. The van der Waals surface area contributed by atoms with Crippen LogP contribution in [-0.4, -0.2) is 18.7 Å². The molecule has 0 saturated heterocycles. The molecule has 0 aliphatic heterocycles. The summed E-state index contributed by atoms with van der Waals surface area (Å²) in [6.45, 7) is 9.31. The SMILES string of the molecule is CCOc1cccc(C(=O)OOC2CCC(C(C)(C)C)CC2)c1. The highest BCUT2D eigenvalue weighted by atomic mass is 17.2. The fourth-order valence-electron chi connectivity index (χ4n) is 3.06. The molecule has 0 unspecified atom stereocenters. The van der Waals surface area contributed by atoms with Crippen LogP contribution in [0.25, 0.3) is 0 Å². The molecule has 4 heteroatoms. The van der Waals surface area contributed by atoms with E-state index >= 15 is 0 Å². The van der Waals surface area contributed by atoms with Gasteiger partial charge in [-0.25, -0.2) is 4.79 Å². The van der Waals surface area contributed by atoms with Crippen LogP contribution in [0.2, 0.25) is 0 Å². The smallest absolute Gasteiger partial charge is 0.373 e. The Kier molecular flexibility index (Phi) is 6.05. The van der Waals surface area contributed by atoms with Crippen LogP contribution < -0.4 is 4.74 Å². The van der Waals surface area contributed by atoms with Crippen molar-refractivity contribution in [2.45, 2.75) is 59.5 Å². The topological polar surface area (TPSA) is 44.8 Å². The van der Waals surface area contributed by atoms with Crippen molar-refractivity contribution in [3.63, 3.8) is 0 Å². The predicted molar refractivity (Wildman–Crippen MR) is 89.3 cm³/mol. The summed E-state index contributed by atoms with van der Waals surface area (Å²) in [5, 5.41) is 0. The van der Waals surface area contributed by atoms with E-state index < -0.39 is 5.97 Å². The first-order chi connectivity index (χ1) is 10.9. The molecule has 1 aliphatic carbocycles. The predicted octanol–water partition coefficient (Wildman–Crippen LogP) is 4.78. The minimum Gasteiger partial charge on any atom is -0.494 e. The van der Waals surface area contributed by atoms with E-state index in [4.69, 9.17) is 14.5 Å². The molecular weight excluding hydrogens is 292 g/mol. The second-order valence-corrected chi connectivity index (χ2v) is 7.27. The normalized spacial score (nSPS) is 21.7. The lowest BCUT2D eigenvalue weighted by Crippen LogP contribution is -2.29. The highest BCUT2D eigenvalue weighted by Gasteiger charge is 2.31. The van der Waals surface area contributed by atoms with Crippen molar-refractivity contribution < 1.29 is 19.3 Å². The highest BCUT2D eigenvalue weighted by molar-refractivity contribution is 5.89.